The van der Waals surface area contributed by atoms with Crippen LogP contribution in [0, 0.1) is 6.92 Å². The molecule has 150 valence electrons. The zero-order valence-electron chi connectivity index (χ0n) is 16.1. The summed E-state index contributed by atoms with van der Waals surface area (Å²) in [5.74, 6) is -0.373. The Morgan fingerprint density at radius 3 is 2.38 bits per heavy atom. The second kappa shape index (κ2) is 8.80. The molecule has 3 aromatic carbocycles. The highest BCUT2D eigenvalue weighted by Crippen LogP contribution is 2.26. The van der Waals surface area contributed by atoms with E-state index < -0.39 is 10.0 Å². The molecule has 0 saturated heterocycles. The van der Waals surface area contributed by atoms with E-state index in [0.29, 0.717) is 16.9 Å². The summed E-state index contributed by atoms with van der Waals surface area (Å²) >= 11 is 3.37. The predicted octanol–water partition coefficient (Wildman–Crippen LogP) is 5.23. The lowest BCUT2D eigenvalue weighted by Gasteiger charge is -2.24. The Bertz CT molecular complexity index is 1130. The van der Waals surface area contributed by atoms with Gasteiger partial charge in [-0.05, 0) is 61.9 Å². The molecule has 0 radical (unpaired) electrons. The number of hydrogen-bond donors (Lipinski definition) is 1. The highest BCUT2D eigenvalue weighted by atomic mass is 79.9. The SMILES string of the molecule is CCN(c1ccccc1)S(=O)(=O)c1cc(C(=O)Nc2cccc(Br)c2)ccc1C. The van der Waals surface area contributed by atoms with Gasteiger partial charge in [-0.1, -0.05) is 46.3 Å². The summed E-state index contributed by atoms with van der Waals surface area (Å²) in [4.78, 5) is 12.8. The van der Waals surface area contributed by atoms with Gasteiger partial charge in [-0.25, -0.2) is 8.42 Å². The smallest absolute Gasteiger partial charge is 0.264 e. The number of nitrogens with one attached hydrogen (secondary N) is 1. The van der Waals surface area contributed by atoms with Gasteiger partial charge < -0.3 is 5.32 Å². The molecule has 0 aliphatic carbocycles. The van der Waals surface area contributed by atoms with Gasteiger partial charge in [-0.2, -0.15) is 0 Å². The van der Waals surface area contributed by atoms with Gasteiger partial charge in [0, 0.05) is 22.3 Å². The molecule has 0 heterocycles. The Morgan fingerprint density at radius 1 is 1.00 bits per heavy atom. The average Bonchev–Trinajstić information content (AvgIpc) is 2.69. The van der Waals surface area contributed by atoms with Crippen LogP contribution >= 0.6 is 15.9 Å². The lowest BCUT2D eigenvalue weighted by Crippen LogP contribution is -2.31. The fraction of sp³-hybridized carbons (Fsp3) is 0.136. The van der Waals surface area contributed by atoms with Gasteiger partial charge in [0.2, 0.25) is 0 Å². The maximum Gasteiger partial charge on any atom is 0.264 e. The van der Waals surface area contributed by atoms with Crippen molar-refractivity contribution in [3.05, 3.63) is 88.4 Å². The van der Waals surface area contributed by atoms with Crippen LogP contribution < -0.4 is 9.62 Å². The Morgan fingerprint density at radius 2 is 1.72 bits per heavy atom. The number of anilines is 2. The molecule has 3 rings (SSSR count). The van der Waals surface area contributed by atoms with Gasteiger partial charge >= 0.3 is 0 Å². The Labute approximate surface area is 179 Å². The van der Waals surface area contributed by atoms with Crippen molar-refractivity contribution in [2.75, 3.05) is 16.2 Å². The average molecular weight is 473 g/mol. The van der Waals surface area contributed by atoms with Crippen molar-refractivity contribution in [1.82, 2.24) is 0 Å². The fourth-order valence-electron chi connectivity index (χ4n) is 2.99. The van der Waals surface area contributed by atoms with Crippen molar-refractivity contribution in [2.24, 2.45) is 0 Å². The lowest BCUT2D eigenvalue weighted by atomic mass is 10.1. The Balaban J connectivity index is 1.96. The van der Waals surface area contributed by atoms with E-state index in [1.165, 1.54) is 10.4 Å². The number of carbonyl (C=O) groups is 1. The van der Waals surface area contributed by atoms with E-state index in [-0.39, 0.29) is 22.9 Å². The second-order valence-electron chi connectivity index (χ2n) is 6.45. The number of para-hydroxylation sites is 1. The van der Waals surface area contributed by atoms with E-state index in [4.69, 9.17) is 0 Å². The van der Waals surface area contributed by atoms with E-state index in [9.17, 15) is 13.2 Å². The minimum absolute atomic E-state index is 0.116. The number of benzene rings is 3. The van der Waals surface area contributed by atoms with Crippen molar-refractivity contribution in [2.45, 2.75) is 18.7 Å². The number of sulfonamides is 1. The summed E-state index contributed by atoms with van der Waals surface area (Å²) in [5.41, 5.74) is 2.06. The van der Waals surface area contributed by atoms with Crippen molar-refractivity contribution >= 4 is 43.2 Å². The van der Waals surface area contributed by atoms with Crippen molar-refractivity contribution in [3.8, 4) is 0 Å². The number of nitrogens with zero attached hydrogens (tertiary/aromatic N) is 1. The summed E-state index contributed by atoms with van der Waals surface area (Å²) in [6.45, 7) is 3.78. The first-order chi connectivity index (χ1) is 13.8. The molecule has 0 spiro atoms. The van der Waals surface area contributed by atoms with Gasteiger partial charge in [0.15, 0.2) is 0 Å². The zero-order chi connectivity index (χ0) is 21.0. The van der Waals surface area contributed by atoms with Crippen LogP contribution in [0.1, 0.15) is 22.8 Å². The molecule has 1 amide bonds. The van der Waals surface area contributed by atoms with Crippen molar-refractivity contribution in [1.29, 1.82) is 0 Å². The molecule has 7 heteroatoms. The topological polar surface area (TPSA) is 66.5 Å². The van der Waals surface area contributed by atoms with Crippen molar-refractivity contribution in [3.63, 3.8) is 0 Å². The molecule has 0 aliphatic heterocycles. The molecule has 0 aliphatic rings. The van der Waals surface area contributed by atoms with E-state index in [0.717, 1.165) is 4.47 Å². The molecule has 1 N–H and O–H groups in total. The van der Waals surface area contributed by atoms with Crippen LogP contribution in [0.2, 0.25) is 0 Å². The Hall–Kier alpha value is -2.64. The van der Waals surface area contributed by atoms with E-state index >= 15 is 0 Å². The molecule has 29 heavy (non-hydrogen) atoms. The monoisotopic (exact) mass is 472 g/mol. The molecule has 0 fully saturated rings. The molecule has 0 unspecified atom stereocenters. The number of rotatable bonds is 6. The first-order valence-electron chi connectivity index (χ1n) is 9.08. The first-order valence-corrected chi connectivity index (χ1v) is 11.3. The number of hydrogen-bond acceptors (Lipinski definition) is 3. The third kappa shape index (κ3) is 4.68. The highest BCUT2D eigenvalue weighted by molar-refractivity contribution is 9.10. The molecule has 0 saturated carbocycles. The molecule has 0 atom stereocenters. The Kier molecular flexibility index (Phi) is 6.39. The van der Waals surface area contributed by atoms with Gasteiger partial charge in [0.1, 0.15) is 0 Å². The number of aryl methyl sites for hydroxylation is 1. The van der Waals surface area contributed by atoms with Crippen LogP contribution in [-0.4, -0.2) is 20.9 Å². The third-order valence-electron chi connectivity index (χ3n) is 4.43. The van der Waals surface area contributed by atoms with Gasteiger partial charge in [-0.3, -0.25) is 9.10 Å². The highest BCUT2D eigenvalue weighted by Gasteiger charge is 2.26. The summed E-state index contributed by atoms with van der Waals surface area (Å²) in [6, 6.07) is 20.8. The standard InChI is InChI=1S/C22H21BrN2O3S/c1-3-25(20-10-5-4-6-11-20)29(27,28)21-14-17(13-12-16(21)2)22(26)24-19-9-7-8-18(23)15-19/h4-15H,3H2,1-2H3,(H,24,26). The zero-order valence-corrected chi connectivity index (χ0v) is 18.5. The molecular weight excluding hydrogens is 452 g/mol. The lowest BCUT2D eigenvalue weighted by molar-refractivity contribution is 0.102. The maximum atomic E-state index is 13.4. The number of carbonyl (C=O) groups excluding carboxylic acids is 1. The minimum Gasteiger partial charge on any atom is -0.322 e. The van der Waals surface area contributed by atoms with Crippen molar-refractivity contribution < 1.29 is 13.2 Å². The van der Waals surface area contributed by atoms with E-state index in [1.54, 1.807) is 62.4 Å². The van der Waals surface area contributed by atoms with Gasteiger partial charge in [0.25, 0.3) is 15.9 Å². The summed E-state index contributed by atoms with van der Waals surface area (Å²) < 4.78 is 28.9. The minimum atomic E-state index is -3.82. The fourth-order valence-corrected chi connectivity index (χ4v) is 5.12. The third-order valence-corrected chi connectivity index (χ3v) is 6.97. The molecular formula is C22H21BrN2O3S. The van der Waals surface area contributed by atoms with Gasteiger partial charge in [-0.15, -0.1) is 0 Å². The number of amides is 1. The van der Waals surface area contributed by atoms with Crippen LogP contribution in [0.15, 0.2) is 82.2 Å². The quantitative estimate of drug-likeness (QED) is 0.534. The van der Waals surface area contributed by atoms with Crippen LogP contribution in [-0.2, 0) is 10.0 Å². The molecule has 3 aromatic rings. The van der Waals surface area contributed by atoms with Crippen LogP contribution in [0.4, 0.5) is 11.4 Å². The summed E-state index contributed by atoms with van der Waals surface area (Å²) in [5, 5.41) is 2.79. The maximum absolute atomic E-state index is 13.4. The largest absolute Gasteiger partial charge is 0.322 e. The van der Waals surface area contributed by atoms with E-state index in [2.05, 4.69) is 21.2 Å². The summed E-state index contributed by atoms with van der Waals surface area (Å²) in [7, 11) is -3.82. The van der Waals surface area contributed by atoms with Gasteiger partial charge in [0.05, 0.1) is 10.6 Å². The van der Waals surface area contributed by atoms with Crippen LogP contribution in [0.25, 0.3) is 0 Å². The second-order valence-corrected chi connectivity index (χ2v) is 9.20. The molecule has 0 bridgehead atoms. The first kappa shape index (κ1) is 21.1. The number of halogens is 1. The summed E-state index contributed by atoms with van der Waals surface area (Å²) in [6.07, 6.45) is 0. The predicted molar refractivity (Wildman–Crippen MR) is 120 cm³/mol. The normalized spacial score (nSPS) is 11.1. The van der Waals surface area contributed by atoms with E-state index in [1.807, 2.05) is 18.2 Å². The van der Waals surface area contributed by atoms with Crippen LogP contribution in [0.5, 0.6) is 0 Å². The molecule has 5 nitrogen and oxygen atoms in total. The van der Waals surface area contributed by atoms with Crippen LogP contribution in [0.3, 0.4) is 0 Å². The molecule has 0 aromatic heterocycles.